The molecule has 146 valence electrons. The summed E-state index contributed by atoms with van der Waals surface area (Å²) in [6.45, 7) is 12.7. The molecular formula is C21H35N3O2. The highest BCUT2D eigenvalue weighted by Crippen LogP contribution is 2.25. The maximum absolute atomic E-state index is 12.0. The van der Waals surface area contributed by atoms with Gasteiger partial charge in [-0.05, 0) is 43.2 Å². The standard InChI is InChI=1S/C21H35N3O2/c1-7-16(6)17-8-10-18(11-9-17)21(14(2)3)23-12-19(25)22-13-20(26)24-15(4)5/h8-11,14-16,21,23H,7,12-13H2,1-6H3,(H,22,25)(H,24,26)/t16-,21-/m1/s1. The van der Waals surface area contributed by atoms with E-state index in [1.54, 1.807) is 0 Å². The van der Waals surface area contributed by atoms with Crippen molar-refractivity contribution >= 4 is 11.8 Å². The van der Waals surface area contributed by atoms with Crippen LogP contribution in [0.4, 0.5) is 0 Å². The lowest BCUT2D eigenvalue weighted by atomic mass is 9.92. The average Bonchev–Trinajstić information content (AvgIpc) is 2.59. The maximum Gasteiger partial charge on any atom is 0.239 e. The predicted octanol–water partition coefficient (Wildman–Crippen LogP) is 3.13. The van der Waals surface area contributed by atoms with Gasteiger partial charge in [-0.3, -0.25) is 9.59 Å². The normalized spacial score (nSPS) is 13.5. The first kappa shape index (κ1) is 22.2. The van der Waals surface area contributed by atoms with Crippen LogP contribution in [0.15, 0.2) is 24.3 Å². The lowest BCUT2D eigenvalue weighted by Crippen LogP contribution is -2.43. The second-order valence-corrected chi connectivity index (χ2v) is 7.58. The van der Waals surface area contributed by atoms with Gasteiger partial charge in [0.2, 0.25) is 11.8 Å². The number of hydrogen-bond acceptors (Lipinski definition) is 3. The predicted molar refractivity (Wildman–Crippen MR) is 107 cm³/mol. The summed E-state index contributed by atoms with van der Waals surface area (Å²) in [6, 6.07) is 8.81. The van der Waals surface area contributed by atoms with Crippen LogP contribution in [0.3, 0.4) is 0 Å². The van der Waals surface area contributed by atoms with Crippen molar-refractivity contribution in [2.24, 2.45) is 5.92 Å². The number of rotatable bonds is 10. The molecule has 0 aliphatic rings. The van der Waals surface area contributed by atoms with Gasteiger partial charge in [-0.1, -0.05) is 52.0 Å². The zero-order valence-corrected chi connectivity index (χ0v) is 17.1. The molecule has 26 heavy (non-hydrogen) atoms. The minimum absolute atomic E-state index is 0.00857. The third-order valence-electron chi connectivity index (χ3n) is 4.52. The van der Waals surface area contributed by atoms with Crippen LogP contribution in [0.1, 0.15) is 71.0 Å². The topological polar surface area (TPSA) is 70.2 Å². The van der Waals surface area contributed by atoms with E-state index in [2.05, 4.69) is 67.9 Å². The zero-order valence-electron chi connectivity index (χ0n) is 17.1. The first-order chi connectivity index (χ1) is 12.2. The van der Waals surface area contributed by atoms with E-state index < -0.39 is 0 Å². The molecule has 5 heteroatoms. The Bertz CT molecular complexity index is 567. The molecule has 3 N–H and O–H groups in total. The molecule has 0 radical (unpaired) electrons. The molecule has 0 bridgehead atoms. The molecule has 0 saturated carbocycles. The highest BCUT2D eigenvalue weighted by molar-refractivity contribution is 5.85. The Hall–Kier alpha value is -1.88. The molecule has 0 aromatic heterocycles. The highest BCUT2D eigenvalue weighted by Gasteiger charge is 2.17. The molecule has 2 atom stereocenters. The number of benzene rings is 1. The molecule has 1 aromatic rings. The lowest BCUT2D eigenvalue weighted by Gasteiger charge is -2.23. The van der Waals surface area contributed by atoms with Crippen LogP contribution in [0.2, 0.25) is 0 Å². The summed E-state index contributed by atoms with van der Waals surface area (Å²) >= 11 is 0. The SMILES string of the molecule is CC[C@@H](C)c1ccc([C@H](NCC(=O)NCC(=O)NC(C)C)C(C)C)cc1. The smallest absolute Gasteiger partial charge is 0.239 e. The Morgan fingerprint density at radius 2 is 1.46 bits per heavy atom. The quantitative estimate of drug-likeness (QED) is 0.600. The van der Waals surface area contributed by atoms with E-state index in [1.807, 2.05) is 13.8 Å². The monoisotopic (exact) mass is 361 g/mol. The number of nitrogens with one attached hydrogen (secondary N) is 3. The third kappa shape index (κ3) is 7.56. The van der Waals surface area contributed by atoms with Gasteiger partial charge in [0.1, 0.15) is 0 Å². The highest BCUT2D eigenvalue weighted by atomic mass is 16.2. The summed E-state index contributed by atoms with van der Waals surface area (Å²) in [6.07, 6.45) is 1.12. The van der Waals surface area contributed by atoms with Gasteiger partial charge in [-0.25, -0.2) is 0 Å². The fourth-order valence-electron chi connectivity index (χ4n) is 2.82. The van der Waals surface area contributed by atoms with Gasteiger partial charge in [0.15, 0.2) is 0 Å². The molecule has 0 heterocycles. The summed E-state index contributed by atoms with van der Waals surface area (Å²) in [7, 11) is 0. The molecule has 1 rings (SSSR count). The summed E-state index contributed by atoms with van der Waals surface area (Å²) in [5.41, 5.74) is 2.52. The molecule has 0 spiro atoms. The fourth-order valence-corrected chi connectivity index (χ4v) is 2.82. The van der Waals surface area contributed by atoms with E-state index in [0.29, 0.717) is 11.8 Å². The van der Waals surface area contributed by atoms with E-state index in [-0.39, 0.29) is 37.0 Å². The molecule has 1 aromatic carbocycles. The zero-order chi connectivity index (χ0) is 19.7. The van der Waals surface area contributed by atoms with Crippen LogP contribution >= 0.6 is 0 Å². The largest absolute Gasteiger partial charge is 0.352 e. The summed E-state index contributed by atoms with van der Waals surface area (Å²) in [5, 5.41) is 8.72. The number of carbonyl (C=O) groups excluding carboxylic acids is 2. The molecule has 0 fully saturated rings. The fraction of sp³-hybridized carbons (Fsp3) is 0.619. The molecule has 2 amide bonds. The molecule has 0 saturated heterocycles. The Morgan fingerprint density at radius 1 is 0.885 bits per heavy atom. The number of carbonyl (C=O) groups is 2. The lowest BCUT2D eigenvalue weighted by molar-refractivity contribution is -0.126. The van der Waals surface area contributed by atoms with Gasteiger partial charge < -0.3 is 16.0 Å². The van der Waals surface area contributed by atoms with E-state index in [9.17, 15) is 9.59 Å². The van der Waals surface area contributed by atoms with Crippen LogP contribution in [-0.2, 0) is 9.59 Å². The van der Waals surface area contributed by atoms with E-state index in [1.165, 1.54) is 11.1 Å². The van der Waals surface area contributed by atoms with Crippen LogP contribution in [0.25, 0.3) is 0 Å². The van der Waals surface area contributed by atoms with Crippen molar-refractivity contribution in [3.8, 4) is 0 Å². The van der Waals surface area contributed by atoms with Gasteiger partial charge in [0.25, 0.3) is 0 Å². The Morgan fingerprint density at radius 3 is 1.96 bits per heavy atom. The van der Waals surface area contributed by atoms with Crippen molar-refractivity contribution in [1.29, 1.82) is 0 Å². The van der Waals surface area contributed by atoms with Gasteiger partial charge in [-0.2, -0.15) is 0 Å². The summed E-state index contributed by atoms with van der Waals surface area (Å²) in [5.74, 6) is 0.555. The van der Waals surface area contributed by atoms with Crippen molar-refractivity contribution in [2.75, 3.05) is 13.1 Å². The van der Waals surface area contributed by atoms with Gasteiger partial charge in [-0.15, -0.1) is 0 Å². The van der Waals surface area contributed by atoms with E-state index in [4.69, 9.17) is 0 Å². The molecule has 0 aliphatic heterocycles. The minimum atomic E-state index is -0.175. The molecule has 0 aliphatic carbocycles. The molecule has 5 nitrogen and oxygen atoms in total. The Labute approximate surface area is 158 Å². The second-order valence-electron chi connectivity index (χ2n) is 7.58. The van der Waals surface area contributed by atoms with Crippen molar-refractivity contribution in [3.05, 3.63) is 35.4 Å². The minimum Gasteiger partial charge on any atom is -0.352 e. The summed E-state index contributed by atoms with van der Waals surface area (Å²) in [4.78, 5) is 23.6. The first-order valence-electron chi connectivity index (χ1n) is 9.63. The van der Waals surface area contributed by atoms with E-state index in [0.717, 1.165) is 6.42 Å². The van der Waals surface area contributed by atoms with Crippen molar-refractivity contribution in [1.82, 2.24) is 16.0 Å². The van der Waals surface area contributed by atoms with Crippen LogP contribution in [0, 0.1) is 5.92 Å². The van der Waals surface area contributed by atoms with Crippen molar-refractivity contribution < 1.29 is 9.59 Å². The molecular weight excluding hydrogens is 326 g/mol. The average molecular weight is 362 g/mol. The van der Waals surface area contributed by atoms with Gasteiger partial charge in [0.05, 0.1) is 13.1 Å². The second kappa shape index (κ2) is 11.0. The van der Waals surface area contributed by atoms with Crippen LogP contribution in [0.5, 0.6) is 0 Å². The Kier molecular flexibility index (Phi) is 9.35. The van der Waals surface area contributed by atoms with Crippen LogP contribution in [-0.4, -0.2) is 30.9 Å². The molecule has 0 unspecified atom stereocenters. The first-order valence-corrected chi connectivity index (χ1v) is 9.63. The third-order valence-corrected chi connectivity index (χ3v) is 4.52. The van der Waals surface area contributed by atoms with Crippen molar-refractivity contribution in [2.45, 2.75) is 66.0 Å². The van der Waals surface area contributed by atoms with Gasteiger partial charge in [0, 0.05) is 12.1 Å². The van der Waals surface area contributed by atoms with E-state index >= 15 is 0 Å². The number of amides is 2. The Balaban J connectivity index is 2.58. The maximum atomic E-state index is 12.0. The van der Waals surface area contributed by atoms with Gasteiger partial charge >= 0.3 is 0 Å². The number of hydrogen-bond donors (Lipinski definition) is 3. The van der Waals surface area contributed by atoms with Crippen molar-refractivity contribution in [3.63, 3.8) is 0 Å². The summed E-state index contributed by atoms with van der Waals surface area (Å²) < 4.78 is 0. The van der Waals surface area contributed by atoms with Crippen LogP contribution < -0.4 is 16.0 Å².